The molecule has 0 atom stereocenters. The molecule has 0 bridgehead atoms. The number of hydrogen-bond donors (Lipinski definition) is 0. The monoisotopic (exact) mass is 362 g/mol. The van der Waals surface area contributed by atoms with Gasteiger partial charge in [0.15, 0.2) is 0 Å². The van der Waals surface area contributed by atoms with Crippen LogP contribution in [-0.4, -0.2) is 22.5 Å². The van der Waals surface area contributed by atoms with Gasteiger partial charge in [-0.15, -0.1) is 0 Å². The summed E-state index contributed by atoms with van der Waals surface area (Å²) in [6.45, 7) is 10.3. The Morgan fingerprint density at radius 3 is 2.22 bits per heavy atom. The Morgan fingerprint density at radius 2 is 1.59 bits per heavy atom. The smallest absolute Gasteiger partial charge is 0.0950 e. The Labute approximate surface area is 165 Å². The highest BCUT2D eigenvalue weighted by Gasteiger charge is 2.31. The van der Waals surface area contributed by atoms with Crippen LogP contribution in [0.3, 0.4) is 0 Å². The van der Waals surface area contributed by atoms with Crippen molar-refractivity contribution in [1.29, 1.82) is 0 Å². The molecule has 0 spiro atoms. The van der Waals surface area contributed by atoms with Crippen molar-refractivity contribution >= 4 is 5.70 Å². The van der Waals surface area contributed by atoms with Crippen molar-refractivity contribution in [2.45, 2.75) is 77.7 Å². The molecule has 0 radical (unpaired) electrons. The van der Waals surface area contributed by atoms with Gasteiger partial charge in [0.25, 0.3) is 0 Å². The first-order chi connectivity index (χ1) is 13.1. The molecule has 1 aliphatic carbocycles. The molecule has 1 aromatic carbocycles. The third-order valence-electron chi connectivity index (χ3n) is 6.40. The van der Waals surface area contributed by atoms with E-state index in [2.05, 4.69) is 80.1 Å². The second kappa shape index (κ2) is 7.58. The molecule has 0 unspecified atom stereocenters. The lowest BCUT2D eigenvalue weighted by Gasteiger charge is -2.35. The predicted molar refractivity (Wildman–Crippen MR) is 115 cm³/mol. The van der Waals surface area contributed by atoms with Gasteiger partial charge >= 0.3 is 0 Å². The van der Waals surface area contributed by atoms with Crippen LogP contribution in [0.1, 0.15) is 88.3 Å². The van der Waals surface area contributed by atoms with Gasteiger partial charge in [-0.3, -0.25) is 0 Å². The Kier molecular flexibility index (Phi) is 5.16. The van der Waals surface area contributed by atoms with Crippen LogP contribution < -0.4 is 0 Å². The fourth-order valence-electron chi connectivity index (χ4n) is 4.90. The van der Waals surface area contributed by atoms with Crippen molar-refractivity contribution in [2.75, 3.05) is 6.67 Å². The number of fused-ring (bicyclic) bond motifs is 1. The van der Waals surface area contributed by atoms with Gasteiger partial charge in [0.05, 0.1) is 18.1 Å². The summed E-state index contributed by atoms with van der Waals surface area (Å²) in [6, 6.07) is 7.60. The summed E-state index contributed by atoms with van der Waals surface area (Å²) in [7, 11) is 0. The van der Waals surface area contributed by atoms with Crippen LogP contribution in [0.5, 0.6) is 0 Å². The van der Waals surface area contributed by atoms with E-state index in [-0.39, 0.29) is 0 Å². The maximum absolute atomic E-state index is 2.60. The first-order valence-electron chi connectivity index (χ1n) is 10.8. The molecule has 27 heavy (non-hydrogen) atoms. The van der Waals surface area contributed by atoms with E-state index in [4.69, 9.17) is 0 Å². The minimum Gasteiger partial charge on any atom is -0.355 e. The molecule has 4 rings (SSSR count). The number of rotatable bonds is 4. The number of nitrogens with zero attached hydrogens (tertiary/aromatic N) is 2. The number of benzene rings is 1. The minimum absolute atomic E-state index is 0.523. The van der Waals surface area contributed by atoms with Gasteiger partial charge in [-0.05, 0) is 48.0 Å². The van der Waals surface area contributed by atoms with Gasteiger partial charge in [-0.1, -0.05) is 71.2 Å². The van der Waals surface area contributed by atoms with Crippen molar-refractivity contribution in [3.8, 4) is 0 Å². The molecule has 1 saturated carbocycles. The Balaban J connectivity index is 1.71. The van der Waals surface area contributed by atoms with Crippen LogP contribution in [0.15, 0.2) is 48.3 Å². The largest absolute Gasteiger partial charge is 0.355 e. The zero-order chi connectivity index (χ0) is 19.0. The van der Waals surface area contributed by atoms with Gasteiger partial charge in [-0.25, -0.2) is 0 Å². The molecule has 2 nitrogen and oxygen atoms in total. The summed E-state index contributed by atoms with van der Waals surface area (Å²) >= 11 is 0. The van der Waals surface area contributed by atoms with Crippen LogP contribution in [-0.2, 0) is 0 Å². The van der Waals surface area contributed by atoms with Crippen molar-refractivity contribution in [2.24, 2.45) is 0 Å². The molecule has 0 amide bonds. The van der Waals surface area contributed by atoms with Crippen LogP contribution in [0.25, 0.3) is 5.70 Å². The maximum Gasteiger partial charge on any atom is 0.0950 e. The van der Waals surface area contributed by atoms with Gasteiger partial charge in [0.1, 0.15) is 0 Å². The van der Waals surface area contributed by atoms with Crippen molar-refractivity contribution < 1.29 is 0 Å². The van der Waals surface area contributed by atoms with Crippen molar-refractivity contribution in [1.82, 2.24) is 9.80 Å². The topological polar surface area (TPSA) is 6.48 Å². The highest BCUT2D eigenvalue weighted by Crippen LogP contribution is 2.40. The zero-order valence-corrected chi connectivity index (χ0v) is 17.4. The van der Waals surface area contributed by atoms with Crippen molar-refractivity contribution in [3.63, 3.8) is 0 Å². The average molecular weight is 363 g/mol. The van der Waals surface area contributed by atoms with Gasteiger partial charge in [0, 0.05) is 17.8 Å². The van der Waals surface area contributed by atoms with E-state index >= 15 is 0 Å². The second-order valence-corrected chi connectivity index (χ2v) is 8.96. The van der Waals surface area contributed by atoms with E-state index in [1.165, 1.54) is 60.2 Å². The minimum atomic E-state index is 0.523. The molecule has 3 aliphatic rings. The lowest BCUT2D eigenvalue weighted by Crippen LogP contribution is -2.35. The molecule has 1 fully saturated rings. The summed E-state index contributed by atoms with van der Waals surface area (Å²) < 4.78 is 0. The molecule has 2 aliphatic heterocycles. The Hall–Kier alpha value is -1.96. The quantitative estimate of drug-likeness (QED) is 0.596. The van der Waals surface area contributed by atoms with E-state index in [0.29, 0.717) is 11.8 Å². The molecule has 2 heteroatoms. The SMILES string of the molecule is CC(C)c1cccc(C(C)C)c1C1=CC=CC2=CN(C3CCCCC3)CN21. The maximum atomic E-state index is 2.60. The standard InChI is InChI=1S/C25H34N2/c1-18(2)22-13-9-14-23(19(3)4)25(22)24-15-8-12-21-16-26(17-27(21)24)20-10-6-5-7-11-20/h8-9,12-16,18-20H,5-7,10-11,17H2,1-4H3. The molecule has 0 saturated heterocycles. The molecule has 0 N–H and O–H groups in total. The normalized spacial score (nSPS) is 20.4. The van der Waals surface area contributed by atoms with E-state index in [1.54, 1.807) is 0 Å². The third-order valence-corrected chi connectivity index (χ3v) is 6.40. The highest BCUT2D eigenvalue weighted by atomic mass is 15.4. The number of allylic oxidation sites excluding steroid dienone is 3. The summed E-state index contributed by atoms with van der Waals surface area (Å²) in [5.41, 5.74) is 7.14. The second-order valence-electron chi connectivity index (χ2n) is 8.96. The van der Waals surface area contributed by atoms with Crippen molar-refractivity contribution in [3.05, 3.63) is 65.0 Å². The summed E-state index contributed by atoms with van der Waals surface area (Å²) in [5.74, 6) is 1.05. The fraction of sp³-hybridized carbons (Fsp3) is 0.520. The van der Waals surface area contributed by atoms with E-state index in [0.717, 1.165) is 12.7 Å². The van der Waals surface area contributed by atoms with E-state index < -0.39 is 0 Å². The molecular weight excluding hydrogens is 328 g/mol. The molecule has 1 aromatic rings. The third kappa shape index (κ3) is 3.47. The molecule has 144 valence electrons. The van der Waals surface area contributed by atoms with Crippen LogP contribution in [0, 0.1) is 0 Å². The fourth-order valence-corrected chi connectivity index (χ4v) is 4.90. The van der Waals surface area contributed by atoms with E-state index in [9.17, 15) is 0 Å². The lowest BCUT2D eigenvalue weighted by molar-refractivity contribution is 0.197. The Bertz CT molecular complexity index is 749. The summed E-state index contributed by atoms with van der Waals surface area (Å²) in [4.78, 5) is 5.15. The molecule has 2 heterocycles. The van der Waals surface area contributed by atoms with Crippen LogP contribution in [0.4, 0.5) is 0 Å². The van der Waals surface area contributed by atoms with E-state index in [1.807, 2.05) is 0 Å². The number of hydrogen-bond acceptors (Lipinski definition) is 2. The lowest BCUT2D eigenvalue weighted by atomic mass is 9.86. The van der Waals surface area contributed by atoms with Crippen LogP contribution >= 0.6 is 0 Å². The molecule has 0 aromatic heterocycles. The van der Waals surface area contributed by atoms with Gasteiger partial charge < -0.3 is 9.80 Å². The first kappa shape index (κ1) is 18.4. The summed E-state index contributed by atoms with van der Waals surface area (Å²) in [5, 5.41) is 0. The predicted octanol–water partition coefficient (Wildman–Crippen LogP) is 6.59. The molecular formula is C25H34N2. The van der Waals surface area contributed by atoms with Crippen LogP contribution in [0.2, 0.25) is 0 Å². The van der Waals surface area contributed by atoms with Gasteiger partial charge in [-0.2, -0.15) is 0 Å². The highest BCUT2D eigenvalue weighted by molar-refractivity contribution is 5.75. The zero-order valence-electron chi connectivity index (χ0n) is 17.4. The van der Waals surface area contributed by atoms with Gasteiger partial charge in [0.2, 0.25) is 0 Å². The average Bonchev–Trinajstić information content (AvgIpc) is 3.12. The Morgan fingerprint density at radius 1 is 0.926 bits per heavy atom. The first-order valence-corrected chi connectivity index (χ1v) is 10.8. The summed E-state index contributed by atoms with van der Waals surface area (Å²) in [6.07, 6.45) is 16.1.